The quantitative estimate of drug-likeness (QED) is 0.357. The molecule has 156 valence electrons. The minimum Gasteiger partial charge on any atom is -0.493 e. The van der Waals surface area contributed by atoms with Gasteiger partial charge in [-0.15, -0.1) is 10.2 Å². The first-order chi connectivity index (χ1) is 14.7. The average molecular weight is 443 g/mol. The van der Waals surface area contributed by atoms with Crippen LogP contribution in [0.1, 0.15) is 11.4 Å². The van der Waals surface area contributed by atoms with Crippen molar-refractivity contribution in [2.24, 2.45) is 0 Å². The average Bonchev–Trinajstić information content (AvgIpc) is 3.38. The minimum absolute atomic E-state index is 0.558. The zero-order valence-corrected chi connectivity index (χ0v) is 18.6. The van der Waals surface area contributed by atoms with E-state index in [0.29, 0.717) is 17.2 Å². The number of rotatable bonds is 9. The maximum atomic E-state index is 5.46. The van der Waals surface area contributed by atoms with Crippen LogP contribution in [0.25, 0.3) is 15.5 Å². The van der Waals surface area contributed by atoms with E-state index in [4.69, 9.17) is 19.3 Å². The molecule has 0 amide bonds. The van der Waals surface area contributed by atoms with Crippen LogP contribution in [0.2, 0.25) is 0 Å². The van der Waals surface area contributed by atoms with E-state index in [-0.39, 0.29) is 0 Å². The van der Waals surface area contributed by atoms with Crippen LogP contribution < -0.4 is 14.2 Å². The molecule has 0 radical (unpaired) electrons. The van der Waals surface area contributed by atoms with Gasteiger partial charge in [-0.05, 0) is 29.9 Å². The summed E-state index contributed by atoms with van der Waals surface area (Å²) in [6.45, 7) is 0. The van der Waals surface area contributed by atoms with E-state index in [9.17, 15) is 0 Å². The monoisotopic (exact) mass is 442 g/mol. The molecule has 0 bridgehead atoms. The lowest BCUT2D eigenvalue weighted by Crippen LogP contribution is -1.97. The Morgan fingerprint density at radius 1 is 0.967 bits per heavy atom. The van der Waals surface area contributed by atoms with Crippen molar-refractivity contribution >= 4 is 28.1 Å². The summed E-state index contributed by atoms with van der Waals surface area (Å²) in [6.07, 6.45) is 1.03. The van der Waals surface area contributed by atoms with Crippen LogP contribution in [0.4, 0.5) is 0 Å². The second-order valence-electron chi connectivity index (χ2n) is 6.42. The first-order valence-corrected chi connectivity index (χ1v) is 11.3. The van der Waals surface area contributed by atoms with E-state index in [2.05, 4.69) is 34.5 Å². The van der Waals surface area contributed by atoms with E-state index in [1.165, 1.54) is 16.9 Å². The van der Waals surface area contributed by atoms with Crippen LogP contribution in [0.15, 0.2) is 42.5 Å². The SMILES string of the molecule is COc1cc(-c2nn3c(CSCCc4ccccc4)nnc3s2)cc(OC)c1OC. The minimum atomic E-state index is 0.558. The summed E-state index contributed by atoms with van der Waals surface area (Å²) in [5, 5.41) is 14.1. The van der Waals surface area contributed by atoms with E-state index in [1.807, 2.05) is 34.5 Å². The van der Waals surface area contributed by atoms with Crippen LogP contribution in [0.5, 0.6) is 17.2 Å². The number of nitrogens with zero attached hydrogens (tertiary/aromatic N) is 4. The summed E-state index contributed by atoms with van der Waals surface area (Å²) in [5.41, 5.74) is 2.22. The van der Waals surface area contributed by atoms with Crippen molar-refractivity contribution in [1.29, 1.82) is 0 Å². The van der Waals surface area contributed by atoms with Crippen molar-refractivity contribution < 1.29 is 14.2 Å². The lowest BCUT2D eigenvalue weighted by atomic mass is 10.2. The number of methoxy groups -OCH3 is 3. The number of thioether (sulfide) groups is 1. The number of benzene rings is 2. The molecule has 30 heavy (non-hydrogen) atoms. The van der Waals surface area contributed by atoms with Crippen molar-refractivity contribution in [3.63, 3.8) is 0 Å². The van der Waals surface area contributed by atoms with E-state index < -0.39 is 0 Å². The second kappa shape index (κ2) is 9.36. The highest BCUT2D eigenvalue weighted by atomic mass is 32.2. The van der Waals surface area contributed by atoms with Gasteiger partial charge in [0.25, 0.3) is 0 Å². The third-order valence-electron chi connectivity index (χ3n) is 4.58. The van der Waals surface area contributed by atoms with Gasteiger partial charge < -0.3 is 14.2 Å². The van der Waals surface area contributed by atoms with E-state index >= 15 is 0 Å². The zero-order valence-electron chi connectivity index (χ0n) is 17.0. The number of aromatic nitrogens is 4. The highest BCUT2D eigenvalue weighted by Crippen LogP contribution is 2.41. The Balaban J connectivity index is 1.51. The molecular weight excluding hydrogens is 420 g/mol. The van der Waals surface area contributed by atoms with Gasteiger partial charge in [0, 0.05) is 5.56 Å². The molecule has 9 heteroatoms. The van der Waals surface area contributed by atoms with Gasteiger partial charge in [0.1, 0.15) is 5.01 Å². The van der Waals surface area contributed by atoms with Gasteiger partial charge in [0.15, 0.2) is 17.3 Å². The molecule has 2 heterocycles. The first kappa shape index (κ1) is 20.5. The van der Waals surface area contributed by atoms with E-state index in [1.54, 1.807) is 21.3 Å². The van der Waals surface area contributed by atoms with Crippen LogP contribution in [-0.2, 0) is 12.2 Å². The maximum Gasteiger partial charge on any atom is 0.235 e. The number of fused-ring (bicyclic) bond motifs is 1. The molecule has 7 nitrogen and oxygen atoms in total. The Morgan fingerprint density at radius 3 is 2.37 bits per heavy atom. The van der Waals surface area contributed by atoms with Crippen LogP contribution in [-0.4, -0.2) is 46.9 Å². The normalized spacial score (nSPS) is 11.0. The van der Waals surface area contributed by atoms with Gasteiger partial charge in [0.05, 0.1) is 27.1 Å². The molecule has 2 aromatic carbocycles. The Morgan fingerprint density at radius 2 is 1.70 bits per heavy atom. The molecule has 0 fully saturated rings. The fourth-order valence-corrected chi connectivity index (χ4v) is 4.80. The van der Waals surface area contributed by atoms with E-state index in [0.717, 1.165) is 39.3 Å². The lowest BCUT2D eigenvalue weighted by Gasteiger charge is -2.13. The Hall–Kier alpha value is -2.78. The van der Waals surface area contributed by atoms with Crippen LogP contribution in [0.3, 0.4) is 0 Å². The summed E-state index contributed by atoms with van der Waals surface area (Å²) < 4.78 is 18.1. The molecule has 0 unspecified atom stereocenters. The highest BCUT2D eigenvalue weighted by Gasteiger charge is 2.18. The Kier molecular flexibility index (Phi) is 6.39. The molecule has 0 spiro atoms. The third kappa shape index (κ3) is 4.22. The number of aryl methyl sites for hydroxylation is 1. The molecule has 4 rings (SSSR count). The molecule has 0 aliphatic rings. The fourth-order valence-electron chi connectivity index (χ4n) is 3.07. The first-order valence-electron chi connectivity index (χ1n) is 9.36. The molecule has 0 atom stereocenters. The van der Waals surface area contributed by atoms with Crippen molar-refractivity contribution in [2.45, 2.75) is 12.2 Å². The van der Waals surface area contributed by atoms with Gasteiger partial charge in [-0.1, -0.05) is 41.7 Å². The summed E-state index contributed by atoms with van der Waals surface area (Å²) in [4.78, 5) is 0.761. The Bertz CT molecular complexity index is 1100. The molecule has 0 aliphatic carbocycles. The standard InChI is InChI=1S/C21H22N4O3S2/c1-26-16-11-15(12-17(27-2)19(16)28-3)20-24-25-18(22-23-21(25)30-20)13-29-10-9-14-7-5-4-6-8-14/h4-8,11-12H,9-10,13H2,1-3H3. The van der Waals surface area contributed by atoms with Crippen molar-refractivity contribution in [3.05, 3.63) is 53.9 Å². The summed E-state index contributed by atoms with van der Waals surface area (Å²) in [5.74, 6) is 4.36. The summed E-state index contributed by atoms with van der Waals surface area (Å²) >= 11 is 3.30. The maximum absolute atomic E-state index is 5.46. The van der Waals surface area contributed by atoms with Crippen LogP contribution >= 0.6 is 23.1 Å². The molecule has 0 N–H and O–H groups in total. The molecule has 2 aromatic heterocycles. The summed E-state index contributed by atoms with van der Waals surface area (Å²) in [7, 11) is 4.79. The fraction of sp³-hybridized carbons (Fsp3) is 0.286. The molecule has 0 saturated carbocycles. The molecule has 0 aliphatic heterocycles. The van der Waals surface area contributed by atoms with Crippen LogP contribution in [0, 0.1) is 0 Å². The van der Waals surface area contributed by atoms with Gasteiger partial charge in [0.2, 0.25) is 10.7 Å². The predicted molar refractivity (Wildman–Crippen MR) is 120 cm³/mol. The molecule has 0 saturated heterocycles. The van der Waals surface area contributed by atoms with Crippen molar-refractivity contribution in [1.82, 2.24) is 19.8 Å². The number of hydrogen-bond acceptors (Lipinski definition) is 8. The smallest absolute Gasteiger partial charge is 0.235 e. The molecular formula is C21H22N4O3S2. The van der Waals surface area contributed by atoms with Gasteiger partial charge in [-0.3, -0.25) is 0 Å². The van der Waals surface area contributed by atoms with Crippen molar-refractivity contribution in [2.75, 3.05) is 27.1 Å². The Labute approximate surface area is 183 Å². The largest absolute Gasteiger partial charge is 0.493 e. The van der Waals surface area contributed by atoms with Gasteiger partial charge in [-0.25, -0.2) is 0 Å². The zero-order chi connectivity index (χ0) is 20.9. The van der Waals surface area contributed by atoms with Gasteiger partial charge >= 0.3 is 0 Å². The lowest BCUT2D eigenvalue weighted by molar-refractivity contribution is 0.324. The highest BCUT2D eigenvalue weighted by molar-refractivity contribution is 7.98. The van der Waals surface area contributed by atoms with Gasteiger partial charge in [-0.2, -0.15) is 21.4 Å². The number of hydrogen-bond donors (Lipinski definition) is 0. The number of ether oxygens (including phenoxy) is 3. The third-order valence-corrected chi connectivity index (χ3v) is 6.48. The predicted octanol–water partition coefficient (Wildman–Crippen LogP) is 4.35. The molecule has 4 aromatic rings. The second-order valence-corrected chi connectivity index (χ2v) is 8.48. The van der Waals surface area contributed by atoms with Crippen molar-refractivity contribution in [3.8, 4) is 27.8 Å². The summed E-state index contributed by atoms with van der Waals surface area (Å²) in [6, 6.07) is 14.3. The topological polar surface area (TPSA) is 70.8 Å².